The first kappa shape index (κ1) is 27.4. The molecule has 9 nitrogen and oxygen atoms in total. The van der Waals surface area contributed by atoms with Crippen molar-refractivity contribution in [3.05, 3.63) is 53.7 Å². The Labute approximate surface area is 235 Å². The summed E-state index contributed by atoms with van der Waals surface area (Å²) in [6.45, 7) is 9.19. The van der Waals surface area contributed by atoms with E-state index in [9.17, 15) is 18.0 Å². The first-order valence-electron chi connectivity index (χ1n) is 13.9. The van der Waals surface area contributed by atoms with Crippen molar-refractivity contribution >= 4 is 34.1 Å². The third-order valence-electron chi connectivity index (χ3n) is 8.05. The maximum atomic E-state index is 13.6. The Kier molecular flexibility index (Phi) is 7.52. The lowest BCUT2D eigenvalue weighted by Crippen LogP contribution is -2.50. The van der Waals surface area contributed by atoms with E-state index in [0.29, 0.717) is 55.0 Å². The monoisotopic (exact) mass is 570 g/mol. The molecule has 0 radical (unpaired) electrons. The third-order valence-corrected chi connectivity index (χ3v) is 8.05. The van der Waals surface area contributed by atoms with Crippen LogP contribution in [-0.4, -0.2) is 84.3 Å². The van der Waals surface area contributed by atoms with E-state index >= 15 is 0 Å². The van der Waals surface area contributed by atoms with Crippen molar-refractivity contribution in [2.24, 2.45) is 0 Å². The zero-order valence-corrected chi connectivity index (χ0v) is 22.6. The van der Waals surface area contributed by atoms with Crippen LogP contribution in [0.2, 0.25) is 0 Å². The first-order valence-corrected chi connectivity index (χ1v) is 13.9. The maximum absolute atomic E-state index is 13.6. The number of benzene rings is 1. The summed E-state index contributed by atoms with van der Waals surface area (Å²) in [6.07, 6.45) is 0.436. The van der Waals surface area contributed by atoms with Crippen molar-refractivity contribution < 1.29 is 27.4 Å². The van der Waals surface area contributed by atoms with Crippen molar-refractivity contribution in [2.45, 2.75) is 31.5 Å². The molecule has 2 saturated heterocycles. The third kappa shape index (κ3) is 5.45. The summed E-state index contributed by atoms with van der Waals surface area (Å²) in [7, 11) is 0. The van der Waals surface area contributed by atoms with Crippen LogP contribution in [0.3, 0.4) is 0 Å². The number of pyridine rings is 1. The van der Waals surface area contributed by atoms with E-state index in [1.165, 1.54) is 6.07 Å². The molecule has 3 aliphatic heterocycles. The Bertz CT molecular complexity index is 1440. The average Bonchev–Trinajstić information content (AvgIpc) is 3.65. The average molecular weight is 571 g/mol. The molecule has 0 saturated carbocycles. The molecule has 2 aromatic heterocycles. The highest BCUT2D eigenvalue weighted by molar-refractivity contribution is 5.98. The van der Waals surface area contributed by atoms with Gasteiger partial charge in [0, 0.05) is 74.3 Å². The van der Waals surface area contributed by atoms with Gasteiger partial charge in [0.05, 0.1) is 36.5 Å². The maximum Gasteiger partial charge on any atom is 0.418 e. The van der Waals surface area contributed by atoms with E-state index in [1.54, 1.807) is 18.2 Å². The number of carbonyl (C=O) groups excluding carboxylic acids is 1. The van der Waals surface area contributed by atoms with Gasteiger partial charge in [0.25, 0.3) is 5.91 Å². The summed E-state index contributed by atoms with van der Waals surface area (Å²) in [5.74, 6) is 0.908. The number of alkyl halides is 3. The van der Waals surface area contributed by atoms with Crippen molar-refractivity contribution in [3.63, 3.8) is 0 Å². The molecule has 41 heavy (non-hydrogen) atoms. The minimum Gasteiger partial charge on any atom is -0.491 e. The molecule has 0 atom stereocenters. The van der Waals surface area contributed by atoms with Crippen LogP contribution < -0.4 is 15.4 Å². The number of halogens is 3. The number of anilines is 3. The standard InChI is InChI=1S/C29H33F3N6O3/c1-2-8-33-23-16-24(36-27-25(23)21(17-34-27)29(30,31)32)35-22-4-3-20(19-7-13-41-26(19)22)28(39)38-9-5-18(6-10-38)37-11-14-40-15-12-37/h2-4,16-18H,1,5-15H2,(H3,33,34,35,36). The predicted octanol–water partition coefficient (Wildman–Crippen LogP) is 4.79. The van der Waals surface area contributed by atoms with Gasteiger partial charge in [-0.2, -0.15) is 13.2 Å². The van der Waals surface area contributed by atoms with Gasteiger partial charge in [0.2, 0.25) is 0 Å². The molecule has 0 spiro atoms. The summed E-state index contributed by atoms with van der Waals surface area (Å²) in [5, 5.41) is 6.16. The number of aromatic amines is 1. The number of hydrogen-bond donors (Lipinski definition) is 3. The molecular formula is C29H33F3N6O3. The van der Waals surface area contributed by atoms with Crippen LogP contribution in [0.5, 0.6) is 5.75 Å². The van der Waals surface area contributed by atoms with Gasteiger partial charge in [-0.1, -0.05) is 6.08 Å². The Hall–Kier alpha value is -3.77. The molecule has 3 aromatic rings. The number of nitrogens with one attached hydrogen (secondary N) is 3. The van der Waals surface area contributed by atoms with E-state index in [2.05, 4.69) is 32.1 Å². The number of aromatic nitrogens is 2. The second-order valence-electron chi connectivity index (χ2n) is 10.5. The Balaban J connectivity index is 1.23. The van der Waals surface area contributed by atoms with Gasteiger partial charge in [-0.05, 0) is 25.0 Å². The summed E-state index contributed by atoms with van der Waals surface area (Å²) in [4.78, 5) is 25.0. The van der Waals surface area contributed by atoms with Gasteiger partial charge in [-0.25, -0.2) is 4.98 Å². The minimum atomic E-state index is -4.53. The van der Waals surface area contributed by atoms with Crippen LogP contribution in [-0.2, 0) is 17.3 Å². The van der Waals surface area contributed by atoms with Gasteiger partial charge in [0.15, 0.2) is 0 Å². The summed E-state index contributed by atoms with van der Waals surface area (Å²) < 4.78 is 52.3. The number of H-pyrrole nitrogens is 1. The number of piperidine rings is 1. The van der Waals surface area contributed by atoms with Crippen molar-refractivity contribution in [3.8, 4) is 5.75 Å². The molecule has 1 aromatic carbocycles. The lowest BCUT2D eigenvalue weighted by molar-refractivity contribution is -0.136. The van der Waals surface area contributed by atoms with Crippen LogP contribution in [0.4, 0.5) is 30.4 Å². The fourth-order valence-electron chi connectivity index (χ4n) is 6.02. The topological polar surface area (TPSA) is 94.8 Å². The molecule has 0 aliphatic carbocycles. The van der Waals surface area contributed by atoms with Crippen LogP contribution in [0, 0.1) is 0 Å². The molecule has 3 N–H and O–H groups in total. The predicted molar refractivity (Wildman–Crippen MR) is 150 cm³/mol. The number of hydrogen-bond acceptors (Lipinski definition) is 7. The molecule has 0 unspecified atom stereocenters. The lowest BCUT2D eigenvalue weighted by Gasteiger charge is -2.40. The van der Waals surface area contributed by atoms with E-state index in [1.807, 2.05) is 4.90 Å². The fraction of sp³-hybridized carbons (Fsp3) is 0.448. The minimum absolute atomic E-state index is 0.000231. The number of amides is 1. The molecule has 5 heterocycles. The highest BCUT2D eigenvalue weighted by Gasteiger charge is 2.35. The molecule has 1 amide bonds. The van der Waals surface area contributed by atoms with Crippen LogP contribution >= 0.6 is 0 Å². The van der Waals surface area contributed by atoms with E-state index in [0.717, 1.165) is 50.9 Å². The van der Waals surface area contributed by atoms with Crippen molar-refractivity contribution in [2.75, 3.05) is 63.2 Å². The summed E-state index contributed by atoms with van der Waals surface area (Å²) in [5.41, 5.74) is 1.64. The van der Waals surface area contributed by atoms with Crippen molar-refractivity contribution in [1.82, 2.24) is 19.8 Å². The second-order valence-corrected chi connectivity index (χ2v) is 10.5. The molecule has 2 fully saturated rings. The van der Waals surface area contributed by atoms with Crippen LogP contribution in [0.15, 0.2) is 37.1 Å². The van der Waals surface area contributed by atoms with Gasteiger partial charge in [-0.3, -0.25) is 9.69 Å². The van der Waals surface area contributed by atoms with Gasteiger partial charge in [0.1, 0.15) is 17.2 Å². The summed E-state index contributed by atoms with van der Waals surface area (Å²) >= 11 is 0. The van der Waals surface area contributed by atoms with Gasteiger partial charge >= 0.3 is 6.18 Å². The number of nitrogens with zero attached hydrogens (tertiary/aromatic N) is 3. The smallest absolute Gasteiger partial charge is 0.418 e. The van der Waals surface area contributed by atoms with Crippen molar-refractivity contribution in [1.29, 1.82) is 0 Å². The van der Waals surface area contributed by atoms with Crippen LogP contribution in [0.25, 0.3) is 11.0 Å². The van der Waals surface area contributed by atoms with E-state index < -0.39 is 11.7 Å². The van der Waals surface area contributed by atoms with Crippen LogP contribution in [0.1, 0.15) is 34.3 Å². The molecule has 218 valence electrons. The summed E-state index contributed by atoms with van der Waals surface area (Å²) in [6, 6.07) is 5.59. The number of likely N-dealkylation sites (tertiary alicyclic amines) is 1. The number of carbonyl (C=O) groups is 1. The zero-order valence-electron chi connectivity index (χ0n) is 22.6. The molecular weight excluding hydrogens is 537 g/mol. The number of morpholine rings is 1. The Morgan fingerprint density at radius 1 is 1.15 bits per heavy atom. The number of fused-ring (bicyclic) bond motifs is 2. The van der Waals surface area contributed by atoms with E-state index in [-0.39, 0.29) is 29.2 Å². The highest BCUT2D eigenvalue weighted by atomic mass is 19.4. The Morgan fingerprint density at radius 2 is 1.93 bits per heavy atom. The Morgan fingerprint density at radius 3 is 2.66 bits per heavy atom. The second kappa shape index (κ2) is 11.2. The molecule has 6 rings (SSSR count). The number of rotatable bonds is 7. The first-order chi connectivity index (χ1) is 19.8. The van der Waals surface area contributed by atoms with E-state index in [4.69, 9.17) is 9.47 Å². The molecule has 0 bridgehead atoms. The molecule has 12 heteroatoms. The highest BCUT2D eigenvalue weighted by Crippen LogP contribution is 2.41. The quantitative estimate of drug-likeness (QED) is 0.352. The zero-order chi connectivity index (χ0) is 28.6. The fourth-order valence-corrected chi connectivity index (χ4v) is 6.02. The largest absolute Gasteiger partial charge is 0.491 e. The molecule has 3 aliphatic rings. The number of ether oxygens (including phenoxy) is 2. The van der Waals surface area contributed by atoms with Gasteiger partial charge in [-0.15, -0.1) is 6.58 Å². The normalized spacial score (nSPS) is 18.3. The lowest BCUT2D eigenvalue weighted by atomic mass is 9.99. The SMILES string of the molecule is C=CCNc1cc(Nc2ccc(C(=O)N3CCC(N4CCOCC4)CC3)c3c2OCC3)nc2[nH]cc(C(F)(F)F)c12. The van der Waals surface area contributed by atoms with Gasteiger partial charge < -0.3 is 30.0 Å².